The number of aryl methyl sites for hydroxylation is 1. The van der Waals surface area contributed by atoms with E-state index in [0.29, 0.717) is 17.1 Å². The summed E-state index contributed by atoms with van der Waals surface area (Å²) in [5.41, 5.74) is 0.612. The lowest BCUT2D eigenvalue weighted by Crippen LogP contribution is -2.46. The summed E-state index contributed by atoms with van der Waals surface area (Å²) in [6.45, 7) is 5.62. The average molecular weight is 440 g/mol. The lowest BCUT2D eigenvalue weighted by atomic mass is 10.0. The summed E-state index contributed by atoms with van der Waals surface area (Å²) in [6.07, 6.45) is 8.68. The van der Waals surface area contributed by atoms with E-state index in [-0.39, 0.29) is 43.1 Å². The summed E-state index contributed by atoms with van der Waals surface area (Å²) in [5, 5.41) is 9.39. The van der Waals surface area contributed by atoms with Gasteiger partial charge in [0.15, 0.2) is 5.82 Å². The van der Waals surface area contributed by atoms with Crippen LogP contribution < -0.4 is 10.6 Å². The normalized spacial score (nSPS) is 14.5. The minimum absolute atomic E-state index is 0.0532. The predicted octanol–water partition coefficient (Wildman–Crippen LogP) is 2.91. The third-order valence-corrected chi connectivity index (χ3v) is 5.37. The highest BCUT2D eigenvalue weighted by Crippen LogP contribution is 2.24. The second kappa shape index (κ2) is 11.2. The van der Waals surface area contributed by atoms with Crippen LogP contribution in [-0.2, 0) is 14.4 Å². The minimum atomic E-state index is -0.851. The molecule has 0 spiro atoms. The van der Waals surface area contributed by atoms with E-state index in [0.717, 1.165) is 25.7 Å². The molecule has 2 heterocycles. The van der Waals surface area contributed by atoms with Crippen molar-refractivity contribution in [3.63, 3.8) is 0 Å². The van der Waals surface area contributed by atoms with Gasteiger partial charge < -0.3 is 20.1 Å². The van der Waals surface area contributed by atoms with E-state index < -0.39 is 6.04 Å². The van der Waals surface area contributed by atoms with Crippen LogP contribution in [0, 0.1) is 6.92 Å². The highest BCUT2D eigenvalue weighted by molar-refractivity contribution is 5.94. The third kappa shape index (κ3) is 6.26. The van der Waals surface area contributed by atoms with Crippen molar-refractivity contribution in [1.29, 1.82) is 0 Å². The van der Waals surface area contributed by atoms with E-state index in [2.05, 4.69) is 27.4 Å². The summed E-state index contributed by atoms with van der Waals surface area (Å²) in [5.74, 6) is -0.0684. The molecule has 1 atom stereocenters. The number of carbonyl (C=O) groups excluding carboxylic acids is 3. The maximum absolute atomic E-state index is 13.2. The number of anilines is 1. The topological polar surface area (TPSA) is 117 Å². The first kappa shape index (κ1) is 23.2. The van der Waals surface area contributed by atoms with Crippen molar-refractivity contribution in [2.45, 2.75) is 57.5 Å². The quantitative estimate of drug-likeness (QED) is 0.550. The summed E-state index contributed by atoms with van der Waals surface area (Å²) in [4.78, 5) is 44.2. The van der Waals surface area contributed by atoms with Gasteiger partial charge in [0, 0.05) is 49.5 Å². The number of amides is 3. The molecular formula is C23H29N5O4. The first-order chi connectivity index (χ1) is 15.5. The molecule has 1 saturated carbocycles. The largest absolute Gasteiger partial charge is 0.360 e. The average Bonchev–Trinajstić information content (AvgIpc) is 3.44. The van der Waals surface area contributed by atoms with Crippen LogP contribution in [0.1, 0.15) is 55.9 Å². The molecule has 2 aromatic heterocycles. The Kier molecular flexibility index (Phi) is 8.13. The molecule has 1 aliphatic carbocycles. The van der Waals surface area contributed by atoms with Crippen LogP contribution >= 0.6 is 0 Å². The molecule has 1 fully saturated rings. The Bertz CT molecular complexity index is 937. The molecule has 1 aliphatic rings. The van der Waals surface area contributed by atoms with Crippen molar-refractivity contribution in [1.82, 2.24) is 20.4 Å². The molecule has 0 unspecified atom stereocenters. The zero-order valence-electron chi connectivity index (χ0n) is 18.3. The second-order valence-corrected chi connectivity index (χ2v) is 7.88. The molecule has 0 aromatic carbocycles. The zero-order chi connectivity index (χ0) is 22.9. The second-order valence-electron chi connectivity index (χ2n) is 7.88. The predicted molar refractivity (Wildman–Crippen MR) is 118 cm³/mol. The fraction of sp³-hybridized carbons (Fsp3) is 0.435. The molecule has 2 N–H and O–H groups in total. The van der Waals surface area contributed by atoms with E-state index in [9.17, 15) is 14.4 Å². The first-order valence-corrected chi connectivity index (χ1v) is 10.8. The maximum atomic E-state index is 13.2. The molecule has 9 heteroatoms. The Labute approximate surface area is 187 Å². The molecule has 0 saturated heterocycles. The van der Waals surface area contributed by atoms with Gasteiger partial charge in [0.25, 0.3) is 0 Å². The Hall–Kier alpha value is -3.49. The highest BCUT2D eigenvalue weighted by Gasteiger charge is 2.32. The summed E-state index contributed by atoms with van der Waals surface area (Å²) in [6, 6.07) is 4.36. The zero-order valence-corrected chi connectivity index (χ0v) is 18.3. The van der Waals surface area contributed by atoms with Crippen molar-refractivity contribution < 1.29 is 18.9 Å². The number of hydrogen-bond donors (Lipinski definition) is 2. The van der Waals surface area contributed by atoms with Gasteiger partial charge >= 0.3 is 0 Å². The van der Waals surface area contributed by atoms with Gasteiger partial charge in [-0.1, -0.05) is 30.1 Å². The Morgan fingerprint density at radius 1 is 1.31 bits per heavy atom. The summed E-state index contributed by atoms with van der Waals surface area (Å²) >= 11 is 0. The van der Waals surface area contributed by atoms with Crippen molar-refractivity contribution in [2.75, 3.05) is 11.9 Å². The fourth-order valence-corrected chi connectivity index (χ4v) is 3.85. The molecule has 3 rings (SSSR count). The van der Waals surface area contributed by atoms with Gasteiger partial charge in [-0.15, -0.1) is 6.58 Å². The van der Waals surface area contributed by atoms with Gasteiger partial charge in [0.05, 0.1) is 0 Å². The number of hydrogen-bond acceptors (Lipinski definition) is 6. The number of carbonyl (C=O) groups is 3. The van der Waals surface area contributed by atoms with Gasteiger partial charge in [-0.25, -0.2) is 0 Å². The Morgan fingerprint density at radius 2 is 2.09 bits per heavy atom. The van der Waals surface area contributed by atoms with E-state index in [4.69, 9.17) is 4.52 Å². The molecule has 32 heavy (non-hydrogen) atoms. The Balaban J connectivity index is 1.71. The molecule has 0 aliphatic heterocycles. The van der Waals surface area contributed by atoms with E-state index >= 15 is 0 Å². The highest BCUT2D eigenvalue weighted by atomic mass is 16.5. The van der Waals surface area contributed by atoms with E-state index in [1.54, 1.807) is 43.6 Å². The maximum Gasteiger partial charge on any atom is 0.247 e. The van der Waals surface area contributed by atoms with Gasteiger partial charge in [-0.05, 0) is 25.8 Å². The lowest BCUT2D eigenvalue weighted by molar-refractivity contribution is -0.141. The number of nitrogens with one attached hydrogen (secondary N) is 2. The molecule has 3 amide bonds. The summed E-state index contributed by atoms with van der Waals surface area (Å²) in [7, 11) is 0. The van der Waals surface area contributed by atoms with Gasteiger partial charge in [0.2, 0.25) is 17.7 Å². The van der Waals surface area contributed by atoms with Crippen molar-refractivity contribution in [3.8, 4) is 0 Å². The number of aromatic nitrogens is 2. The fourth-order valence-electron chi connectivity index (χ4n) is 3.85. The van der Waals surface area contributed by atoms with Crippen LogP contribution in [-0.4, -0.2) is 45.3 Å². The lowest BCUT2D eigenvalue weighted by Gasteiger charge is -2.31. The van der Waals surface area contributed by atoms with Gasteiger partial charge in [0.1, 0.15) is 11.8 Å². The third-order valence-electron chi connectivity index (χ3n) is 5.37. The monoisotopic (exact) mass is 439 g/mol. The van der Waals surface area contributed by atoms with Crippen LogP contribution in [0.2, 0.25) is 0 Å². The summed E-state index contributed by atoms with van der Waals surface area (Å²) < 4.78 is 4.92. The molecule has 0 radical (unpaired) electrons. The van der Waals surface area contributed by atoms with Crippen LogP contribution in [0.4, 0.5) is 5.82 Å². The molecule has 9 nitrogen and oxygen atoms in total. The van der Waals surface area contributed by atoms with Crippen molar-refractivity contribution in [2.24, 2.45) is 0 Å². The van der Waals surface area contributed by atoms with Crippen LogP contribution in [0.25, 0.3) is 0 Å². The van der Waals surface area contributed by atoms with Crippen molar-refractivity contribution >= 4 is 23.5 Å². The number of rotatable bonds is 10. The van der Waals surface area contributed by atoms with Crippen LogP contribution in [0.15, 0.2) is 47.8 Å². The standard InChI is InChI=1S/C23H29N5O4/c1-3-13-28(21(30)11-10-20(29)26-19-14-16(2)32-27-19)22(17-7-6-12-24-15-17)23(31)25-18-8-4-5-9-18/h3,6-7,12,14-15,18,22H,1,4-5,8-11,13H2,2H3,(H,25,31)(H,26,27,29)/t22-/m1/s1. The minimum Gasteiger partial charge on any atom is -0.360 e. The number of nitrogens with zero attached hydrogens (tertiary/aromatic N) is 3. The van der Waals surface area contributed by atoms with Crippen LogP contribution in [0.3, 0.4) is 0 Å². The Morgan fingerprint density at radius 3 is 2.72 bits per heavy atom. The first-order valence-electron chi connectivity index (χ1n) is 10.8. The molecule has 0 bridgehead atoms. The molecule has 2 aromatic rings. The van der Waals surface area contributed by atoms with Crippen LogP contribution in [0.5, 0.6) is 0 Å². The number of pyridine rings is 1. The molecule has 170 valence electrons. The van der Waals surface area contributed by atoms with E-state index in [1.807, 2.05) is 0 Å². The van der Waals surface area contributed by atoms with Crippen molar-refractivity contribution in [3.05, 3.63) is 54.6 Å². The smallest absolute Gasteiger partial charge is 0.247 e. The van der Waals surface area contributed by atoms with Gasteiger partial charge in [-0.2, -0.15) is 0 Å². The molecular weight excluding hydrogens is 410 g/mol. The SMILES string of the molecule is C=CCN(C(=O)CCC(=O)Nc1cc(C)on1)[C@@H](C(=O)NC1CCCC1)c1cccnc1. The van der Waals surface area contributed by atoms with Gasteiger partial charge in [-0.3, -0.25) is 19.4 Å². The van der Waals surface area contributed by atoms with E-state index in [1.165, 1.54) is 4.90 Å².